The largest absolute Gasteiger partial charge is 0.451 e. The molecule has 0 atom stereocenters. The molecule has 3 aromatic rings. The minimum absolute atomic E-state index is 0.205. The van der Waals surface area contributed by atoms with Gasteiger partial charge in [-0.05, 0) is 25.1 Å². The molecule has 96 valence electrons. The monoisotopic (exact) mass is 319 g/mol. The van der Waals surface area contributed by atoms with E-state index in [-0.39, 0.29) is 11.7 Å². The standard InChI is InChI=1S/C13H10BrN3O2/c1-7-5-12(15)17(16-7)13(18)11-6-8-9(14)3-2-4-10(8)19-11/h2-6H,15H2,1H3. The van der Waals surface area contributed by atoms with Crippen LogP contribution in [0.15, 0.2) is 39.2 Å². The molecule has 2 heterocycles. The van der Waals surface area contributed by atoms with Gasteiger partial charge in [-0.25, -0.2) is 0 Å². The molecule has 0 unspecified atom stereocenters. The fourth-order valence-electron chi connectivity index (χ4n) is 1.92. The molecular weight excluding hydrogens is 310 g/mol. The van der Waals surface area contributed by atoms with Crippen molar-refractivity contribution >= 4 is 38.6 Å². The molecule has 0 amide bonds. The molecule has 0 aliphatic carbocycles. The van der Waals surface area contributed by atoms with Crippen molar-refractivity contribution < 1.29 is 9.21 Å². The van der Waals surface area contributed by atoms with Crippen LogP contribution in [0, 0.1) is 6.92 Å². The molecule has 0 aliphatic heterocycles. The number of nitrogens with zero attached hydrogens (tertiary/aromatic N) is 2. The van der Waals surface area contributed by atoms with Gasteiger partial charge in [0.05, 0.1) is 5.69 Å². The average Bonchev–Trinajstić information content (AvgIpc) is 2.93. The summed E-state index contributed by atoms with van der Waals surface area (Å²) in [7, 11) is 0. The number of aromatic nitrogens is 2. The number of carbonyl (C=O) groups excluding carboxylic acids is 1. The summed E-state index contributed by atoms with van der Waals surface area (Å²) >= 11 is 3.42. The van der Waals surface area contributed by atoms with E-state index in [9.17, 15) is 4.79 Å². The van der Waals surface area contributed by atoms with Gasteiger partial charge in [-0.2, -0.15) is 9.78 Å². The Bertz CT molecular complexity index is 788. The number of halogens is 1. The zero-order chi connectivity index (χ0) is 13.6. The molecule has 0 spiro atoms. The topological polar surface area (TPSA) is 74.0 Å². The number of aryl methyl sites for hydroxylation is 1. The summed E-state index contributed by atoms with van der Waals surface area (Å²) < 4.78 is 7.55. The van der Waals surface area contributed by atoms with Gasteiger partial charge in [-0.3, -0.25) is 4.79 Å². The molecule has 0 fully saturated rings. The summed E-state index contributed by atoms with van der Waals surface area (Å²) in [5, 5.41) is 4.89. The van der Waals surface area contributed by atoms with Crippen LogP contribution in [-0.2, 0) is 0 Å². The number of nitrogen functional groups attached to an aromatic ring is 1. The minimum atomic E-state index is -0.381. The molecule has 19 heavy (non-hydrogen) atoms. The summed E-state index contributed by atoms with van der Waals surface area (Å²) in [4.78, 5) is 12.3. The molecule has 2 N–H and O–H groups in total. The molecule has 0 saturated carbocycles. The van der Waals surface area contributed by atoms with Crippen LogP contribution in [0.5, 0.6) is 0 Å². The van der Waals surface area contributed by atoms with Crippen molar-refractivity contribution in [2.24, 2.45) is 0 Å². The fraction of sp³-hybridized carbons (Fsp3) is 0.0769. The van der Waals surface area contributed by atoms with E-state index in [0.29, 0.717) is 17.1 Å². The maximum Gasteiger partial charge on any atom is 0.315 e. The van der Waals surface area contributed by atoms with Crippen LogP contribution in [-0.4, -0.2) is 15.7 Å². The van der Waals surface area contributed by atoms with Crippen LogP contribution in [0.1, 0.15) is 16.2 Å². The Kier molecular flexibility index (Phi) is 2.67. The molecule has 0 saturated heterocycles. The average molecular weight is 320 g/mol. The lowest BCUT2D eigenvalue weighted by Crippen LogP contribution is -2.15. The number of rotatable bonds is 1. The predicted octanol–water partition coefficient (Wildman–Crippen LogP) is 2.97. The second kappa shape index (κ2) is 4.24. The van der Waals surface area contributed by atoms with E-state index in [1.54, 1.807) is 25.1 Å². The third kappa shape index (κ3) is 1.94. The van der Waals surface area contributed by atoms with Gasteiger partial charge < -0.3 is 10.2 Å². The van der Waals surface area contributed by atoms with Gasteiger partial charge in [0.15, 0.2) is 5.76 Å². The number of carbonyl (C=O) groups is 1. The SMILES string of the molecule is Cc1cc(N)n(C(=O)c2cc3c(Br)cccc3o2)n1. The molecule has 2 aromatic heterocycles. The van der Waals surface area contributed by atoms with Crippen molar-refractivity contribution in [2.45, 2.75) is 6.92 Å². The summed E-state index contributed by atoms with van der Waals surface area (Å²) in [6.07, 6.45) is 0. The van der Waals surface area contributed by atoms with E-state index >= 15 is 0 Å². The van der Waals surface area contributed by atoms with E-state index in [2.05, 4.69) is 21.0 Å². The minimum Gasteiger partial charge on any atom is -0.451 e. The smallest absolute Gasteiger partial charge is 0.315 e. The van der Waals surface area contributed by atoms with Crippen molar-refractivity contribution in [1.29, 1.82) is 0 Å². The second-order valence-corrected chi connectivity index (χ2v) is 5.04. The van der Waals surface area contributed by atoms with Crippen LogP contribution in [0.3, 0.4) is 0 Å². The van der Waals surface area contributed by atoms with E-state index in [0.717, 1.165) is 14.5 Å². The molecule has 0 radical (unpaired) electrons. The first-order valence-corrected chi connectivity index (χ1v) is 6.40. The van der Waals surface area contributed by atoms with Crippen LogP contribution < -0.4 is 5.73 Å². The molecule has 1 aromatic carbocycles. The van der Waals surface area contributed by atoms with Gasteiger partial charge in [0.2, 0.25) is 0 Å². The summed E-state index contributed by atoms with van der Waals surface area (Å²) in [5.41, 5.74) is 7.05. The first-order valence-electron chi connectivity index (χ1n) is 5.61. The van der Waals surface area contributed by atoms with Crippen LogP contribution in [0.4, 0.5) is 5.82 Å². The fourth-order valence-corrected chi connectivity index (χ4v) is 2.38. The molecule has 3 rings (SSSR count). The maximum atomic E-state index is 12.3. The quantitative estimate of drug-likeness (QED) is 0.748. The lowest BCUT2D eigenvalue weighted by atomic mass is 10.2. The second-order valence-electron chi connectivity index (χ2n) is 4.19. The third-order valence-electron chi connectivity index (χ3n) is 2.77. The number of hydrogen-bond donors (Lipinski definition) is 1. The van der Waals surface area contributed by atoms with Crippen LogP contribution in [0.2, 0.25) is 0 Å². The van der Waals surface area contributed by atoms with Crippen molar-refractivity contribution in [2.75, 3.05) is 5.73 Å². The van der Waals surface area contributed by atoms with Gasteiger partial charge in [0.1, 0.15) is 11.4 Å². The molecule has 0 aliphatic rings. The van der Waals surface area contributed by atoms with E-state index in [4.69, 9.17) is 10.2 Å². The van der Waals surface area contributed by atoms with Crippen molar-refractivity contribution in [3.05, 3.63) is 46.3 Å². The highest BCUT2D eigenvalue weighted by atomic mass is 79.9. The Balaban J connectivity index is 2.12. The van der Waals surface area contributed by atoms with E-state index in [1.165, 1.54) is 0 Å². The zero-order valence-corrected chi connectivity index (χ0v) is 11.6. The Morgan fingerprint density at radius 2 is 2.21 bits per heavy atom. The molecule has 5 nitrogen and oxygen atoms in total. The predicted molar refractivity (Wildman–Crippen MR) is 75.0 cm³/mol. The van der Waals surface area contributed by atoms with E-state index in [1.807, 2.05) is 12.1 Å². The van der Waals surface area contributed by atoms with Gasteiger partial charge in [0, 0.05) is 15.9 Å². The Labute approximate surface area is 117 Å². The number of anilines is 1. The first-order chi connectivity index (χ1) is 9.06. The van der Waals surface area contributed by atoms with Gasteiger partial charge in [-0.15, -0.1) is 0 Å². The molecule has 0 bridgehead atoms. The third-order valence-corrected chi connectivity index (χ3v) is 3.46. The van der Waals surface area contributed by atoms with Gasteiger partial charge in [0.25, 0.3) is 0 Å². The highest BCUT2D eigenvalue weighted by molar-refractivity contribution is 9.10. The maximum absolute atomic E-state index is 12.3. The zero-order valence-electron chi connectivity index (χ0n) is 10.1. The van der Waals surface area contributed by atoms with Crippen LogP contribution in [0.25, 0.3) is 11.0 Å². The highest BCUT2D eigenvalue weighted by Crippen LogP contribution is 2.27. The summed E-state index contributed by atoms with van der Waals surface area (Å²) in [5.74, 6) is 0.118. The van der Waals surface area contributed by atoms with E-state index < -0.39 is 0 Å². The normalized spacial score (nSPS) is 11.1. The number of furan rings is 1. The molecule has 6 heteroatoms. The number of hydrogen-bond acceptors (Lipinski definition) is 4. The van der Waals surface area contributed by atoms with Crippen molar-refractivity contribution in [1.82, 2.24) is 9.78 Å². The van der Waals surface area contributed by atoms with Gasteiger partial charge in [-0.1, -0.05) is 22.0 Å². The Morgan fingerprint density at radius 1 is 1.42 bits per heavy atom. The molecular formula is C13H10BrN3O2. The van der Waals surface area contributed by atoms with Crippen molar-refractivity contribution in [3.8, 4) is 0 Å². The summed E-state index contributed by atoms with van der Waals surface area (Å²) in [6, 6.07) is 8.85. The van der Waals surface area contributed by atoms with Crippen molar-refractivity contribution in [3.63, 3.8) is 0 Å². The lowest BCUT2D eigenvalue weighted by molar-refractivity contribution is 0.0922. The first kappa shape index (κ1) is 12.0. The number of fused-ring (bicyclic) bond motifs is 1. The Hall–Kier alpha value is -2.08. The Morgan fingerprint density at radius 3 is 2.84 bits per heavy atom. The summed E-state index contributed by atoms with van der Waals surface area (Å²) in [6.45, 7) is 1.77. The van der Waals surface area contributed by atoms with Gasteiger partial charge >= 0.3 is 5.91 Å². The van der Waals surface area contributed by atoms with Crippen LogP contribution >= 0.6 is 15.9 Å². The lowest BCUT2D eigenvalue weighted by Gasteiger charge is -1.98. The number of nitrogens with two attached hydrogens (primary N) is 1. The highest BCUT2D eigenvalue weighted by Gasteiger charge is 2.18. The number of benzene rings is 1.